The lowest BCUT2D eigenvalue weighted by Crippen LogP contribution is -2.11. The number of phenolic OH excluding ortho intramolecular Hbond substituents is 1. The molecule has 4 aromatic rings. The molecule has 0 spiro atoms. The zero-order valence-corrected chi connectivity index (χ0v) is 21.2. The minimum Gasteiger partial charge on any atom is -0.504 e. The number of nitriles is 1. The molecule has 0 saturated heterocycles. The number of aromatic hydroxyl groups is 1. The Labute approximate surface area is 218 Å². The van der Waals surface area contributed by atoms with Gasteiger partial charge in [0.25, 0.3) is 0 Å². The average molecular weight is 520 g/mol. The summed E-state index contributed by atoms with van der Waals surface area (Å²) in [6.07, 6.45) is 0.263. The number of aromatic nitrogens is 2. The van der Waals surface area contributed by atoms with Gasteiger partial charge in [-0.25, -0.2) is 4.68 Å². The molecular weight excluding hydrogens is 497 g/mol. The van der Waals surface area contributed by atoms with Crippen molar-refractivity contribution in [3.8, 4) is 28.6 Å². The summed E-state index contributed by atoms with van der Waals surface area (Å²) in [7, 11) is 0. The van der Waals surface area contributed by atoms with E-state index in [-0.39, 0.29) is 35.3 Å². The van der Waals surface area contributed by atoms with Gasteiger partial charge in [-0.1, -0.05) is 54.4 Å². The number of hydrogen-bond donors (Lipinski definition) is 3. The molecule has 0 bridgehead atoms. The van der Waals surface area contributed by atoms with E-state index in [0.29, 0.717) is 27.7 Å². The van der Waals surface area contributed by atoms with Crippen LogP contribution in [0.5, 0.6) is 5.75 Å². The number of carbonyl (C=O) groups excluding carboxylic acids is 1. The molecule has 0 aliphatic rings. The number of phenols is 1. The number of halogens is 2. The molecule has 36 heavy (non-hydrogen) atoms. The van der Waals surface area contributed by atoms with Gasteiger partial charge in [-0.15, -0.1) is 0 Å². The van der Waals surface area contributed by atoms with E-state index in [4.69, 9.17) is 23.2 Å². The second-order valence-corrected chi connectivity index (χ2v) is 8.96. The number of hydrogen-bond acceptors (Lipinski definition) is 5. The normalized spacial score (nSPS) is 10.6. The molecule has 0 aliphatic heterocycles. The van der Waals surface area contributed by atoms with E-state index in [1.807, 2.05) is 48.5 Å². The Bertz CT molecular complexity index is 1470. The molecule has 0 fully saturated rings. The van der Waals surface area contributed by atoms with Crippen LogP contribution in [0.1, 0.15) is 30.2 Å². The van der Waals surface area contributed by atoms with Gasteiger partial charge in [0.15, 0.2) is 5.75 Å². The first-order chi connectivity index (χ1) is 17.3. The summed E-state index contributed by atoms with van der Waals surface area (Å²) < 4.78 is 1.69. The minimum atomic E-state index is -0.243. The van der Waals surface area contributed by atoms with Gasteiger partial charge in [0.1, 0.15) is 17.5 Å². The highest BCUT2D eigenvalue weighted by Gasteiger charge is 2.18. The van der Waals surface area contributed by atoms with Gasteiger partial charge in [0.2, 0.25) is 5.91 Å². The monoisotopic (exact) mass is 519 g/mol. The predicted octanol–water partition coefficient (Wildman–Crippen LogP) is 6.69. The fraction of sp³-hybridized carbons (Fsp3) is 0.148. The highest BCUT2D eigenvalue weighted by atomic mass is 35.5. The third kappa shape index (κ3) is 5.30. The Hall–Kier alpha value is -3.99. The first-order valence-corrected chi connectivity index (χ1v) is 12.0. The quantitative estimate of drug-likeness (QED) is 0.236. The third-order valence-electron chi connectivity index (χ3n) is 5.62. The summed E-state index contributed by atoms with van der Waals surface area (Å²) in [5, 5.41) is 31.3. The van der Waals surface area contributed by atoms with Crippen LogP contribution >= 0.6 is 23.2 Å². The van der Waals surface area contributed by atoms with Gasteiger partial charge in [-0.2, -0.15) is 10.4 Å². The Morgan fingerprint density at radius 1 is 1.11 bits per heavy atom. The molecule has 0 atom stereocenters. The van der Waals surface area contributed by atoms with E-state index < -0.39 is 0 Å². The molecule has 1 heterocycles. The van der Waals surface area contributed by atoms with Gasteiger partial charge in [-0.05, 0) is 60.0 Å². The van der Waals surface area contributed by atoms with Crippen LogP contribution in [0.2, 0.25) is 10.0 Å². The molecule has 1 aromatic heterocycles. The minimum absolute atomic E-state index is 0.113. The van der Waals surface area contributed by atoms with E-state index >= 15 is 0 Å². The molecular formula is C27H23Cl2N5O2. The first kappa shape index (κ1) is 25.1. The largest absolute Gasteiger partial charge is 0.504 e. The number of aryl methyl sites for hydroxylation is 1. The fourth-order valence-corrected chi connectivity index (χ4v) is 4.12. The SMILES string of the molecule is CCC(=O)Nc1cc(CNc2c(C#N)c(C)nn2-c2cccc(-c3ccc(Cl)cc3)c2)cc(Cl)c1O. The van der Waals surface area contributed by atoms with Crippen molar-refractivity contribution < 1.29 is 9.90 Å². The molecule has 182 valence electrons. The van der Waals surface area contributed by atoms with Crippen LogP contribution < -0.4 is 10.6 Å². The van der Waals surface area contributed by atoms with Gasteiger partial charge in [0.05, 0.1) is 22.1 Å². The molecule has 9 heteroatoms. The van der Waals surface area contributed by atoms with Crippen molar-refractivity contribution in [3.63, 3.8) is 0 Å². The van der Waals surface area contributed by atoms with E-state index in [9.17, 15) is 15.2 Å². The van der Waals surface area contributed by atoms with E-state index in [2.05, 4.69) is 21.8 Å². The topological polar surface area (TPSA) is 103 Å². The fourth-order valence-electron chi connectivity index (χ4n) is 3.75. The molecule has 3 aromatic carbocycles. The van der Waals surface area contributed by atoms with Crippen molar-refractivity contribution >= 4 is 40.6 Å². The van der Waals surface area contributed by atoms with E-state index in [1.54, 1.807) is 30.7 Å². The number of amides is 1. The van der Waals surface area contributed by atoms with Crippen molar-refractivity contribution in [2.45, 2.75) is 26.8 Å². The summed E-state index contributed by atoms with van der Waals surface area (Å²) in [4.78, 5) is 11.8. The Balaban J connectivity index is 1.68. The lowest BCUT2D eigenvalue weighted by molar-refractivity contribution is -0.115. The number of nitrogens with zero attached hydrogens (tertiary/aromatic N) is 3. The zero-order chi connectivity index (χ0) is 25.8. The third-order valence-corrected chi connectivity index (χ3v) is 6.16. The molecule has 4 rings (SSSR count). The van der Waals surface area contributed by atoms with Crippen LogP contribution in [0.15, 0.2) is 60.7 Å². The van der Waals surface area contributed by atoms with Crippen molar-refractivity contribution in [1.29, 1.82) is 5.26 Å². The van der Waals surface area contributed by atoms with Crippen LogP contribution in [0.4, 0.5) is 11.5 Å². The molecule has 0 unspecified atom stereocenters. The summed E-state index contributed by atoms with van der Waals surface area (Å²) in [5.41, 5.74) is 4.67. The van der Waals surface area contributed by atoms with Crippen molar-refractivity contribution in [3.05, 3.63) is 87.5 Å². The van der Waals surface area contributed by atoms with E-state index in [0.717, 1.165) is 16.8 Å². The number of carbonyl (C=O) groups is 1. The smallest absolute Gasteiger partial charge is 0.224 e. The first-order valence-electron chi connectivity index (χ1n) is 11.2. The predicted molar refractivity (Wildman–Crippen MR) is 143 cm³/mol. The van der Waals surface area contributed by atoms with Crippen molar-refractivity contribution in [1.82, 2.24) is 9.78 Å². The number of nitrogens with one attached hydrogen (secondary N) is 2. The van der Waals surface area contributed by atoms with Crippen molar-refractivity contribution in [2.24, 2.45) is 0 Å². The maximum Gasteiger partial charge on any atom is 0.224 e. The van der Waals surface area contributed by atoms with Gasteiger partial charge in [0, 0.05) is 18.0 Å². The Kier molecular flexibility index (Phi) is 7.49. The summed E-state index contributed by atoms with van der Waals surface area (Å²) >= 11 is 12.2. The molecule has 7 nitrogen and oxygen atoms in total. The van der Waals surface area contributed by atoms with Crippen LogP contribution in [-0.4, -0.2) is 20.8 Å². The van der Waals surface area contributed by atoms with Gasteiger partial charge >= 0.3 is 0 Å². The number of rotatable bonds is 7. The lowest BCUT2D eigenvalue weighted by Gasteiger charge is -2.14. The molecule has 0 radical (unpaired) electrons. The Morgan fingerprint density at radius 2 is 1.86 bits per heavy atom. The molecule has 0 aliphatic carbocycles. The number of anilines is 2. The maximum atomic E-state index is 11.8. The highest BCUT2D eigenvalue weighted by Crippen LogP contribution is 2.34. The van der Waals surface area contributed by atoms with Crippen molar-refractivity contribution in [2.75, 3.05) is 10.6 Å². The van der Waals surface area contributed by atoms with Gasteiger partial charge in [-0.3, -0.25) is 4.79 Å². The van der Waals surface area contributed by atoms with E-state index in [1.165, 1.54) is 0 Å². The summed E-state index contributed by atoms with van der Waals surface area (Å²) in [6.45, 7) is 3.76. The molecule has 3 N–H and O–H groups in total. The summed E-state index contributed by atoms with van der Waals surface area (Å²) in [6, 6.07) is 20.8. The lowest BCUT2D eigenvalue weighted by atomic mass is 10.1. The summed E-state index contributed by atoms with van der Waals surface area (Å²) in [5.74, 6) is 0.0824. The van der Waals surface area contributed by atoms with Crippen LogP contribution in [0.25, 0.3) is 16.8 Å². The second kappa shape index (κ2) is 10.7. The van der Waals surface area contributed by atoms with Crippen LogP contribution in [0.3, 0.4) is 0 Å². The highest BCUT2D eigenvalue weighted by molar-refractivity contribution is 6.32. The molecule has 1 amide bonds. The molecule has 0 saturated carbocycles. The van der Waals surface area contributed by atoms with Crippen LogP contribution in [0, 0.1) is 18.3 Å². The number of benzene rings is 3. The standard InChI is InChI=1S/C27H23Cl2N5O2/c1-3-25(35)32-24-12-17(11-23(29)26(24)36)15-31-27-22(14-30)16(2)33-34(27)21-6-4-5-19(13-21)18-7-9-20(28)10-8-18/h4-13,31,36H,3,15H2,1-2H3,(H,32,35). The van der Waals surface area contributed by atoms with Crippen LogP contribution in [-0.2, 0) is 11.3 Å². The maximum absolute atomic E-state index is 11.8. The second-order valence-electron chi connectivity index (χ2n) is 8.12. The Morgan fingerprint density at radius 3 is 2.56 bits per heavy atom. The zero-order valence-electron chi connectivity index (χ0n) is 19.6. The van der Waals surface area contributed by atoms with Gasteiger partial charge < -0.3 is 15.7 Å². The average Bonchev–Trinajstić information content (AvgIpc) is 3.21.